The number of amides is 1. The molecule has 0 saturated heterocycles. The van der Waals surface area contributed by atoms with Crippen molar-refractivity contribution in [1.82, 2.24) is 16.0 Å². The van der Waals surface area contributed by atoms with E-state index >= 15 is 0 Å². The van der Waals surface area contributed by atoms with Crippen LogP contribution in [0.25, 0.3) is 0 Å². The van der Waals surface area contributed by atoms with Crippen molar-refractivity contribution >= 4 is 17.5 Å². The highest BCUT2D eigenvalue weighted by molar-refractivity contribution is 6.17. The molecule has 0 aliphatic heterocycles. The standard InChI is InChI=1S/C7H13ClF3N3O/c1-6(2,3)5(15)13-14(12-4-8)7(9,10)11/h12H,4H2,1-3H3,(H,13,15). The summed E-state index contributed by atoms with van der Waals surface area (Å²) in [7, 11) is 0. The molecule has 0 aromatic rings. The third-order valence-corrected chi connectivity index (χ3v) is 1.49. The molecule has 4 nitrogen and oxygen atoms in total. The van der Waals surface area contributed by atoms with Gasteiger partial charge in [-0.25, -0.2) is 5.43 Å². The fourth-order valence-electron chi connectivity index (χ4n) is 0.522. The number of nitrogens with one attached hydrogen (secondary N) is 2. The van der Waals surface area contributed by atoms with Gasteiger partial charge in [0, 0.05) is 5.41 Å². The molecule has 0 aliphatic rings. The molecule has 0 saturated carbocycles. The zero-order valence-electron chi connectivity index (χ0n) is 8.57. The van der Waals surface area contributed by atoms with E-state index in [1.54, 1.807) is 10.9 Å². The highest BCUT2D eigenvalue weighted by Crippen LogP contribution is 2.19. The van der Waals surface area contributed by atoms with Gasteiger partial charge in [-0.2, -0.15) is 13.2 Å². The van der Waals surface area contributed by atoms with E-state index in [0.29, 0.717) is 0 Å². The number of hydrogen-bond donors (Lipinski definition) is 2. The molecule has 0 spiro atoms. The smallest absolute Gasteiger partial charge is 0.273 e. The largest absolute Gasteiger partial charge is 0.491 e. The van der Waals surface area contributed by atoms with Crippen LogP contribution >= 0.6 is 11.6 Å². The van der Waals surface area contributed by atoms with Gasteiger partial charge in [-0.05, 0) is 0 Å². The van der Waals surface area contributed by atoms with E-state index in [0.717, 1.165) is 0 Å². The van der Waals surface area contributed by atoms with Crippen LogP contribution in [0.15, 0.2) is 0 Å². The fourth-order valence-corrected chi connectivity index (χ4v) is 0.641. The summed E-state index contributed by atoms with van der Waals surface area (Å²) in [4.78, 5) is 11.3. The molecule has 0 unspecified atom stereocenters. The van der Waals surface area contributed by atoms with Gasteiger partial charge in [-0.15, -0.1) is 11.6 Å². The van der Waals surface area contributed by atoms with E-state index in [1.165, 1.54) is 20.8 Å². The summed E-state index contributed by atoms with van der Waals surface area (Å²) < 4.78 is 36.7. The Hall–Kier alpha value is -0.530. The number of halogens is 4. The van der Waals surface area contributed by atoms with Crippen molar-refractivity contribution < 1.29 is 18.0 Å². The maximum atomic E-state index is 12.2. The number of hydrogen-bond acceptors (Lipinski definition) is 3. The van der Waals surface area contributed by atoms with Crippen LogP contribution in [0.1, 0.15) is 20.8 Å². The van der Waals surface area contributed by atoms with Crippen molar-refractivity contribution in [2.24, 2.45) is 5.41 Å². The first-order valence-corrected chi connectivity index (χ1v) is 4.60. The van der Waals surface area contributed by atoms with E-state index in [2.05, 4.69) is 0 Å². The van der Waals surface area contributed by atoms with E-state index in [1.807, 2.05) is 0 Å². The summed E-state index contributed by atoms with van der Waals surface area (Å²) in [5.41, 5.74) is 2.52. The molecule has 0 rings (SSSR count). The van der Waals surface area contributed by atoms with Gasteiger partial charge >= 0.3 is 6.30 Å². The summed E-state index contributed by atoms with van der Waals surface area (Å²) in [5, 5.41) is -0.367. The number of hydrazine groups is 2. The van der Waals surface area contributed by atoms with E-state index in [-0.39, 0.29) is 5.12 Å². The highest BCUT2D eigenvalue weighted by atomic mass is 35.5. The SMILES string of the molecule is CC(C)(C)C(=O)NN(NCCl)C(F)(F)F. The Balaban J connectivity index is 4.50. The molecule has 0 aromatic carbocycles. The summed E-state index contributed by atoms with van der Waals surface area (Å²) in [6.45, 7) is 4.49. The first-order valence-electron chi connectivity index (χ1n) is 4.06. The molecule has 0 radical (unpaired) electrons. The Bertz CT molecular complexity index is 227. The Morgan fingerprint density at radius 1 is 1.33 bits per heavy atom. The average molecular weight is 248 g/mol. The van der Waals surface area contributed by atoms with Crippen LogP contribution in [-0.2, 0) is 4.79 Å². The predicted molar refractivity (Wildman–Crippen MR) is 49.3 cm³/mol. The summed E-state index contributed by atoms with van der Waals surface area (Å²) in [6.07, 6.45) is -4.73. The van der Waals surface area contributed by atoms with Crippen LogP contribution in [-0.4, -0.2) is 23.3 Å². The average Bonchev–Trinajstić information content (AvgIpc) is 1.99. The van der Waals surface area contributed by atoms with Crippen LogP contribution in [0.5, 0.6) is 0 Å². The molecule has 0 aliphatic carbocycles. The Kier molecular flexibility index (Phi) is 4.82. The van der Waals surface area contributed by atoms with Crippen LogP contribution in [0, 0.1) is 5.41 Å². The van der Waals surface area contributed by atoms with Crippen molar-refractivity contribution in [3.63, 3.8) is 0 Å². The lowest BCUT2D eigenvalue weighted by Gasteiger charge is -2.28. The second kappa shape index (κ2) is 5.00. The monoisotopic (exact) mass is 247 g/mol. The van der Waals surface area contributed by atoms with Crippen molar-refractivity contribution in [2.45, 2.75) is 27.1 Å². The van der Waals surface area contributed by atoms with Crippen LogP contribution < -0.4 is 10.9 Å². The number of nitrogens with zero attached hydrogens (tertiary/aromatic N) is 1. The summed E-state index contributed by atoms with van der Waals surface area (Å²) in [6, 6.07) is -0.468. The number of alkyl halides is 4. The lowest BCUT2D eigenvalue weighted by Crippen LogP contribution is -2.59. The van der Waals surface area contributed by atoms with Gasteiger partial charge in [-0.1, -0.05) is 25.9 Å². The first kappa shape index (κ1) is 14.5. The van der Waals surface area contributed by atoms with Gasteiger partial charge in [0.05, 0.1) is 6.00 Å². The maximum absolute atomic E-state index is 12.2. The van der Waals surface area contributed by atoms with Crippen molar-refractivity contribution in [1.29, 1.82) is 0 Å². The van der Waals surface area contributed by atoms with Crippen molar-refractivity contribution in [2.75, 3.05) is 6.00 Å². The molecule has 0 aromatic heterocycles. The van der Waals surface area contributed by atoms with E-state index in [9.17, 15) is 18.0 Å². The van der Waals surface area contributed by atoms with E-state index in [4.69, 9.17) is 11.6 Å². The van der Waals surface area contributed by atoms with Crippen molar-refractivity contribution in [3.05, 3.63) is 0 Å². The second-order valence-corrected chi connectivity index (χ2v) is 4.05. The summed E-state index contributed by atoms with van der Waals surface area (Å²) in [5.74, 6) is -0.766. The third kappa shape index (κ3) is 5.19. The molecule has 8 heteroatoms. The van der Waals surface area contributed by atoms with Gasteiger partial charge in [-0.3, -0.25) is 10.2 Å². The molecule has 2 N–H and O–H groups in total. The van der Waals surface area contributed by atoms with Gasteiger partial charge in [0.15, 0.2) is 0 Å². The van der Waals surface area contributed by atoms with Crippen LogP contribution in [0.4, 0.5) is 13.2 Å². The predicted octanol–water partition coefficient (Wildman–Crippen LogP) is 1.59. The fraction of sp³-hybridized carbons (Fsp3) is 0.857. The lowest BCUT2D eigenvalue weighted by atomic mass is 9.96. The minimum atomic E-state index is -4.73. The normalized spacial score (nSPS) is 13.1. The Morgan fingerprint density at radius 2 is 1.80 bits per heavy atom. The minimum absolute atomic E-state index is 0.367. The van der Waals surface area contributed by atoms with E-state index < -0.39 is 23.6 Å². The topological polar surface area (TPSA) is 44.4 Å². The van der Waals surface area contributed by atoms with Gasteiger partial charge in [0.2, 0.25) is 5.91 Å². The van der Waals surface area contributed by atoms with Crippen molar-refractivity contribution in [3.8, 4) is 0 Å². The third-order valence-electron chi connectivity index (χ3n) is 1.37. The first-order chi connectivity index (χ1) is 6.59. The molecule has 90 valence electrons. The maximum Gasteiger partial charge on any atom is 0.491 e. The number of rotatable bonds is 3. The molecule has 1 amide bonds. The molecule has 0 fully saturated rings. The highest BCUT2D eigenvalue weighted by Gasteiger charge is 2.40. The molecule has 15 heavy (non-hydrogen) atoms. The molecular weight excluding hydrogens is 235 g/mol. The summed E-state index contributed by atoms with van der Waals surface area (Å²) >= 11 is 5.10. The number of carbonyl (C=O) groups is 1. The Morgan fingerprint density at radius 3 is 2.07 bits per heavy atom. The molecular formula is C7H13ClF3N3O. The zero-order valence-corrected chi connectivity index (χ0v) is 9.33. The lowest BCUT2D eigenvalue weighted by molar-refractivity contribution is -0.280. The molecule has 0 heterocycles. The zero-order chi connectivity index (χ0) is 12.3. The van der Waals surface area contributed by atoms with Gasteiger partial charge in [0.25, 0.3) is 0 Å². The van der Waals surface area contributed by atoms with Gasteiger partial charge < -0.3 is 0 Å². The minimum Gasteiger partial charge on any atom is -0.273 e. The second-order valence-electron chi connectivity index (χ2n) is 3.79. The molecule has 0 atom stereocenters. The van der Waals surface area contributed by atoms with Crippen LogP contribution in [0.2, 0.25) is 0 Å². The number of carbonyl (C=O) groups excluding carboxylic acids is 1. The van der Waals surface area contributed by atoms with Gasteiger partial charge in [0.1, 0.15) is 0 Å². The quantitative estimate of drug-likeness (QED) is 0.452. The molecule has 0 bridgehead atoms. The Labute approximate surface area is 90.7 Å². The van der Waals surface area contributed by atoms with Crippen LogP contribution in [0.3, 0.4) is 0 Å².